The molecule has 0 aliphatic rings. The molecule has 112 valence electrons. The van der Waals surface area contributed by atoms with Crippen molar-refractivity contribution < 1.29 is 18.3 Å². The van der Waals surface area contributed by atoms with E-state index in [-0.39, 0.29) is 17.4 Å². The molecule has 0 spiro atoms. The van der Waals surface area contributed by atoms with Crippen molar-refractivity contribution in [2.24, 2.45) is 0 Å². The molecule has 1 aromatic carbocycles. The van der Waals surface area contributed by atoms with Crippen LogP contribution in [0.25, 0.3) is 0 Å². The molecule has 1 heterocycles. The summed E-state index contributed by atoms with van der Waals surface area (Å²) >= 11 is 3.24. The second kappa shape index (κ2) is 6.30. The van der Waals surface area contributed by atoms with Gasteiger partial charge in [0.05, 0.1) is 6.54 Å². The predicted octanol–water partition coefficient (Wildman–Crippen LogP) is 2.41. The first kappa shape index (κ1) is 15.6. The summed E-state index contributed by atoms with van der Waals surface area (Å²) in [5.41, 5.74) is -1.29. The van der Waals surface area contributed by atoms with Crippen molar-refractivity contribution in [3.05, 3.63) is 48.1 Å². The van der Waals surface area contributed by atoms with E-state index >= 15 is 0 Å². The van der Waals surface area contributed by atoms with Crippen LogP contribution >= 0.6 is 15.9 Å². The topological polar surface area (TPSA) is 57.0 Å². The van der Waals surface area contributed by atoms with Gasteiger partial charge >= 0.3 is 5.97 Å². The maximum Gasteiger partial charge on any atom is 0.303 e. The molecule has 1 atom stereocenters. The van der Waals surface area contributed by atoms with Gasteiger partial charge in [-0.2, -0.15) is 5.10 Å². The largest absolute Gasteiger partial charge is 0.451 e. The lowest BCUT2D eigenvalue weighted by molar-refractivity contribution is -0.157. The van der Waals surface area contributed by atoms with Crippen LogP contribution in [0.1, 0.15) is 12.5 Å². The first-order chi connectivity index (χ1) is 9.97. The van der Waals surface area contributed by atoms with E-state index in [9.17, 15) is 13.6 Å². The van der Waals surface area contributed by atoms with Gasteiger partial charge in [-0.05, 0) is 12.1 Å². The number of carbonyl (C=O) groups excluding carboxylic acids is 1. The first-order valence-corrected chi connectivity index (χ1v) is 7.12. The molecule has 0 saturated heterocycles. The lowest BCUT2D eigenvalue weighted by Gasteiger charge is -2.32. The summed E-state index contributed by atoms with van der Waals surface area (Å²) in [6, 6.07) is 3.12. The predicted molar refractivity (Wildman–Crippen MR) is 73.6 cm³/mol. The molecule has 0 aliphatic heterocycles. The number of hydrogen-bond donors (Lipinski definition) is 0. The lowest BCUT2D eigenvalue weighted by Crippen LogP contribution is -2.39. The highest BCUT2D eigenvalue weighted by Crippen LogP contribution is 2.32. The number of hydrogen-bond acceptors (Lipinski definition) is 4. The van der Waals surface area contributed by atoms with Gasteiger partial charge in [0.1, 0.15) is 24.3 Å². The molecule has 1 unspecified atom stereocenters. The van der Waals surface area contributed by atoms with Crippen LogP contribution in [0.5, 0.6) is 0 Å². The Hall–Kier alpha value is -1.83. The van der Waals surface area contributed by atoms with Crippen LogP contribution in [0, 0.1) is 11.6 Å². The van der Waals surface area contributed by atoms with Gasteiger partial charge in [-0.25, -0.2) is 18.4 Å². The Kier molecular flexibility index (Phi) is 4.66. The van der Waals surface area contributed by atoms with Crippen molar-refractivity contribution in [3.8, 4) is 0 Å². The van der Waals surface area contributed by atoms with Crippen molar-refractivity contribution in [1.82, 2.24) is 14.8 Å². The summed E-state index contributed by atoms with van der Waals surface area (Å²) < 4.78 is 33.9. The summed E-state index contributed by atoms with van der Waals surface area (Å²) in [5.74, 6) is -2.09. The van der Waals surface area contributed by atoms with Gasteiger partial charge in [-0.15, -0.1) is 0 Å². The third-order valence-corrected chi connectivity index (χ3v) is 3.77. The van der Waals surface area contributed by atoms with Crippen LogP contribution < -0.4 is 0 Å². The van der Waals surface area contributed by atoms with Gasteiger partial charge in [0, 0.05) is 23.9 Å². The minimum absolute atomic E-state index is 0.0420. The van der Waals surface area contributed by atoms with Crippen LogP contribution in [0.4, 0.5) is 8.78 Å². The first-order valence-electron chi connectivity index (χ1n) is 6.00. The summed E-state index contributed by atoms with van der Waals surface area (Å²) in [6.07, 6.45) is 2.73. The van der Waals surface area contributed by atoms with Crippen LogP contribution in [-0.2, 0) is 21.7 Å². The lowest BCUT2D eigenvalue weighted by atomic mass is 9.94. The summed E-state index contributed by atoms with van der Waals surface area (Å²) in [7, 11) is 0. The van der Waals surface area contributed by atoms with Crippen molar-refractivity contribution >= 4 is 21.9 Å². The Balaban J connectivity index is 2.49. The van der Waals surface area contributed by atoms with Crippen molar-refractivity contribution in [3.63, 3.8) is 0 Å². The average Bonchev–Trinajstić information content (AvgIpc) is 2.90. The molecule has 2 rings (SSSR count). The summed E-state index contributed by atoms with van der Waals surface area (Å²) in [5, 5.41) is 4.04. The number of carbonyl (C=O) groups is 1. The normalized spacial score (nSPS) is 13.7. The zero-order valence-corrected chi connectivity index (χ0v) is 12.7. The van der Waals surface area contributed by atoms with Crippen LogP contribution in [-0.4, -0.2) is 26.1 Å². The fourth-order valence-corrected chi connectivity index (χ4v) is 2.62. The van der Waals surface area contributed by atoms with Gasteiger partial charge in [0.2, 0.25) is 0 Å². The highest BCUT2D eigenvalue weighted by Gasteiger charge is 2.38. The highest BCUT2D eigenvalue weighted by molar-refractivity contribution is 9.09. The molecule has 0 amide bonds. The van der Waals surface area contributed by atoms with E-state index in [0.29, 0.717) is 0 Å². The van der Waals surface area contributed by atoms with E-state index in [4.69, 9.17) is 4.74 Å². The van der Waals surface area contributed by atoms with Gasteiger partial charge in [-0.3, -0.25) is 4.79 Å². The third kappa shape index (κ3) is 3.44. The molecule has 0 fully saturated rings. The summed E-state index contributed by atoms with van der Waals surface area (Å²) in [6.45, 7) is 1.26. The Bertz CT molecular complexity index is 636. The Morgan fingerprint density at radius 3 is 2.76 bits per heavy atom. The van der Waals surface area contributed by atoms with Gasteiger partial charge < -0.3 is 4.74 Å². The quantitative estimate of drug-likeness (QED) is 0.607. The van der Waals surface area contributed by atoms with Crippen molar-refractivity contribution in [2.75, 3.05) is 5.33 Å². The molecule has 8 heteroatoms. The maximum atomic E-state index is 14.1. The minimum atomic E-state index is -1.35. The average molecular weight is 360 g/mol. The number of aromatic nitrogens is 3. The number of halogens is 3. The SMILES string of the molecule is CC(=O)OC(CBr)(Cn1cncn1)c1ccc(F)cc1F. The Morgan fingerprint density at radius 1 is 1.48 bits per heavy atom. The number of esters is 1. The van der Waals surface area contributed by atoms with Crippen molar-refractivity contribution in [2.45, 2.75) is 19.1 Å². The zero-order chi connectivity index (χ0) is 15.5. The Labute approximate surface area is 128 Å². The van der Waals surface area contributed by atoms with Crippen LogP contribution in [0.2, 0.25) is 0 Å². The van der Waals surface area contributed by atoms with Crippen LogP contribution in [0.3, 0.4) is 0 Å². The monoisotopic (exact) mass is 359 g/mol. The molecule has 0 saturated carbocycles. The van der Waals surface area contributed by atoms with Crippen molar-refractivity contribution in [1.29, 1.82) is 0 Å². The fourth-order valence-electron chi connectivity index (χ4n) is 2.02. The number of ether oxygens (including phenoxy) is 1. The van der Waals surface area contributed by atoms with E-state index < -0.39 is 23.2 Å². The molecular formula is C13H12BrF2N3O2. The zero-order valence-electron chi connectivity index (χ0n) is 11.1. The minimum Gasteiger partial charge on any atom is -0.451 e. The molecule has 0 bridgehead atoms. The van der Waals surface area contributed by atoms with E-state index in [1.807, 2.05) is 0 Å². The molecule has 21 heavy (non-hydrogen) atoms. The third-order valence-electron chi connectivity index (χ3n) is 2.86. The number of nitrogens with zero attached hydrogens (tertiary/aromatic N) is 3. The molecule has 1 aromatic heterocycles. The second-order valence-corrected chi connectivity index (χ2v) is 5.00. The second-order valence-electron chi connectivity index (χ2n) is 4.44. The number of rotatable bonds is 5. The van der Waals surface area contributed by atoms with E-state index in [1.54, 1.807) is 0 Å². The fraction of sp³-hybridized carbons (Fsp3) is 0.308. The number of benzene rings is 1. The molecular weight excluding hydrogens is 348 g/mol. The smallest absolute Gasteiger partial charge is 0.303 e. The van der Waals surface area contributed by atoms with Gasteiger partial charge in [-0.1, -0.05) is 15.9 Å². The van der Waals surface area contributed by atoms with E-state index in [1.165, 1.54) is 30.3 Å². The standard InChI is InChI=1S/C13H12BrF2N3O2/c1-9(20)21-13(5-14,6-19-8-17-7-18-19)11-3-2-10(15)4-12(11)16/h2-4,7-8H,5-6H2,1H3. The number of alkyl halides is 1. The molecule has 0 radical (unpaired) electrons. The molecule has 0 N–H and O–H groups in total. The highest BCUT2D eigenvalue weighted by atomic mass is 79.9. The van der Waals surface area contributed by atoms with Gasteiger partial charge in [0.25, 0.3) is 0 Å². The molecule has 2 aromatic rings. The van der Waals surface area contributed by atoms with Crippen LogP contribution in [0.15, 0.2) is 30.9 Å². The van der Waals surface area contributed by atoms with E-state index in [0.717, 1.165) is 12.1 Å². The summed E-state index contributed by atoms with van der Waals surface area (Å²) in [4.78, 5) is 15.2. The van der Waals surface area contributed by atoms with Gasteiger partial charge in [0.15, 0.2) is 5.60 Å². The molecule has 0 aliphatic carbocycles. The van der Waals surface area contributed by atoms with E-state index in [2.05, 4.69) is 26.0 Å². The Morgan fingerprint density at radius 2 is 2.24 bits per heavy atom. The molecule has 5 nitrogen and oxygen atoms in total. The maximum absolute atomic E-state index is 14.1.